The van der Waals surface area contributed by atoms with Crippen LogP contribution in [0.15, 0.2) is 42.6 Å². The van der Waals surface area contributed by atoms with E-state index in [0.29, 0.717) is 41.8 Å². The van der Waals surface area contributed by atoms with Crippen LogP contribution in [0.3, 0.4) is 0 Å². The molecule has 2 aromatic carbocycles. The number of aromatic nitrogens is 4. The van der Waals surface area contributed by atoms with Crippen LogP contribution < -0.4 is 0 Å². The summed E-state index contributed by atoms with van der Waals surface area (Å²) in [5, 5.41) is 14.5. The molecule has 0 saturated carbocycles. The molecule has 0 unspecified atom stereocenters. The molecule has 0 radical (unpaired) electrons. The molecule has 1 atom stereocenters. The van der Waals surface area contributed by atoms with Gasteiger partial charge in [0.1, 0.15) is 23.4 Å². The number of amides is 1. The van der Waals surface area contributed by atoms with Crippen molar-refractivity contribution in [3.8, 4) is 23.1 Å². The molecule has 0 N–H and O–H groups in total. The molecule has 166 valence electrons. The second-order valence-electron chi connectivity index (χ2n) is 8.70. The predicted molar refractivity (Wildman–Crippen MR) is 122 cm³/mol. The number of nitriles is 1. The fraction of sp³-hybridized carbons (Fsp3) is 0.280. The van der Waals surface area contributed by atoms with E-state index in [2.05, 4.69) is 12.0 Å². The van der Waals surface area contributed by atoms with Gasteiger partial charge in [0.15, 0.2) is 0 Å². The molecule has 0 bridgehead atoms. The monoisotopic (exact) mass is 442 g/mol. The highest BCUT2D eigenvalue weighted by Gasteiger charge is 2.29. The van der Waals surface area contributed by atoms with Crippen molar-refractivity contribution in [1.82, 2.24) is 24.2 Å². The molecule has 33 heavy (non-hydrogen) atoms. The number of imidazole rings is 1. The van der Waals surface area contributed by atoms with Crippen molar-refractivity contribution in [2.45, 2.75) is 20.3 Å². The molecule has 4 aromatic rings. The van der Waals surface area contributed by atoms with Crippen LogP contribution in [0.5, 0.6) is 0 Å². The summed E-state index contributed by atoms with van der Waals surface area (Å²) in [6, 6.07) is 12.1. The maximum Gasteiger partial charge on any atom is 0.274 e. The largest absolute Gasteiger partial charge is 0.337 e. The van der Waals surface area contributed by atoms with Gasteiger partial charge >= 0.3 is 0 Å². The Morgan fingerprint density at radius 3 is 2.76 bits per heavy atom. The van der Waals surface area contributed by atoms with Gasteiger partial charge in [-0.15, -0.1) is 0 Å². The highest BCUT2D eigenvalue weighted by Crippen LogP contribution is 2.30. The van der Waals surface area contributed by atoms with E-state index in [0.717, 1.165) is 23.0 Å². The van der Waals surface area contributed by atoms with E-state index in [9.17, 15) is 9.18 Å². The highest BCUT2D eigenvalue weighted by molar-refractivity contribution is 5.95. The van der Waals surface area contributed by atoms with Gasteiger partial charge in [-0.05, 0) is 55.7 Å². The molecule has 7 nitrogen and oxygen atoms in total. The van der Waals surface area contributed by atoms with Gasteiger partial charge in [-0.1, -0.05) is 6.92 Å². The van der Waals surface area contributed by atoms with Crippen molar-refractivity contribution in [3.05, 3.63) is 65.4 Å². The number of halogens is 1. The van der Waals surface area contributed by atoms with E-state index in [-0.39, 0.29) is 11.5 Å². The zero-order valence-electron chi connectivity index (χ0n) is 18.7. The molecule has 0 spiro atoms. The molecular formula is C25H23FN6O. The molecule has 5 rings (SSSR count). The molecule has 3 heterocycles. The smallest absolute Gasteiger partial charge is 0.274 e. The summed E-state index contributed by atoms with van der Waals surface area (Å²) < 4.78 is 18.1. The first kappa shape index (κ1) is 20.9. The van der Waals surface area contributed by atoms with Crippen molar-refractivity contribution in [1.29, 1.82) is 5.26 Å². The van der Waals surface area contributed by atoms with Crippen molar-refractivity contribution in [2.75, 3.05) is 13.1 Å². The number of likely N-dealkylation sites (tertiary alicyclic amines) is 1. The van der Waals surface area contributed by atoms with E-state index in [1.54, 1.807) is 10.7 Å². The fourth-order valence-corrected chi connectivity index (χ4v) is 4.50. The second-order valence-corrected chi connectivity index (χ2v) is 8.70. The first-order chi connectivity index (χ1) is 15.9. The standard InChI is InChI=1S/C25H23FN6O/c1-15-8-9-31(13-15)25(33)23-16(2)32(20-6-7-22-19(10-20)14-30(3)29-22)24(28-23)17-4-5-18(12-27)21(26)11-17/h4-7,10-11,14-15H,8-9,13H2,1-3H3/t15-/m0/s1. The first-order valence-electron chi connectivity index (χ1n) is 10.9. The van der Waals surface area contributed by atoms with E-state index in [1.807, 2.05) is 53.9 Å². The van der Waals surface area contributed by atoms with E-state index >= 15 is 0 Å². The van der Waals surface area contributed by atoms with Gasteiger partial charge in [-0.2, -0.15) is 10.4 Å². The Hall–Kier alpha value is -3.99. The lowest BCUT2D eigenvalue weighted by molar-refractivity contribution is 0.0782. The predicted octanol–water partition coefficient (Wildman–Crippen LogP) is 4.23. The number of fused-ring (bicyclic) bond motifs is 1. The van der Waals surface area contributed by atoms with Crippen molar-refractivity contribution >= 4 is 16.8 Å². The van der Waals surface area contributed by atoms with Crippen molar-refractivity contribution in [3.63, 3.8) is 0 Å². The Bertz CT molecular complexity index is 1440. The summed E-state index contributed by atoms with van der Waals surface area (Å²) in [6.07, 6.45) is 2.89. The van der Waals surface area contributed by atoms with E-state index in [1.165, 1.54) is 12.1 Å². The maximum absolute atomic E-state index is 14.5. The normalized spacial score (nSPS) is 15.8. The maximum atomic E-state index is 14.5. The van der Waals surface area contributed by atoms with Crippen LogP contribution >= 0.6 is 0 Å². The molecule has 1 fully saturated rings. The van der Waals surface area contributed by atoms with Crippen molar-refractivity contribution in [2.24, 2.45) is 13.0 Å². The number of hydrogen-bond donors (Lipinski definition) is 0. The molecule has 1 aliphatic heterocycles. The second kappa shape index (κ2) is 7.85. The summed E-state index contributed by atoms with van der Waals surface area (Å²) in [5.74, 6) is 0.172. The molecule has 8 heteroatoms. The minimum Gasteiger partial charge on any atom is -0.337 e. The summed E-state index contributed by atoms with van der Waals surface area (Å²) in [7, 11) is 1.86. The first-order valence-corrected chi connectivity index (χ1v) is 10.9. The molecule has 1 amide bonds. The average Bonchev–Trinajstić information content (AvgIpc) is 3.48. The fourth-order valence-electron chi connectivity index (χ4n) is 4.50. The quantitative estimate of drug-likeness (QED) is 0.476. The summed E-state index contributed by atoms with van der Waals surface area (Å²) >= 11 is 0. The lowest BCUT2D eigenvalue weighted by Gasteiger charge is -2.15. The van der Waals surface area contributed by atoms with Crippen LogP contribution in [0, 0.1) is 30.0 Å². The number of nitrogens with zero attached hydrogens (tertiary/aromatic N) is 6. The Kier molecular flexibility index (Phi) is 4.97. The third-order valence-corrected chi connectivity index (χ3v) is 6.23. The zero-order chi connectivity index (χ0) is 23.3. The third kappa shape index (κ3) is 3.55. The summed E-state index contributed by atoms with van der Waals surface area (Å²) in [4.78, 5) is 19.9. The number of carbonyl (C=O) groups excluding carboxylic acids is 1. The molecule has 1 aliphatic rings. The number of hydrogen-bond acceptors (Lipinski definition) is 4. The van der Waals surface area contributed by atoms with Gasteiger partial charge in [0.05, 0.1) is 16.8 Å². The topological polar surface area (TPSA) is 79.7 Å². The van der Waals surface area contributed by atoms with Crippen molar-refractivity contribution < 1.29 is 9.18 Å². The van der Waals surface area contributed by atoms with Gasteiger partial charge in [0.25, 0.3) is 5.91 Å². The molecule has 1 saturated heterocycles. The van der Waals surface area contributed by atoms with Crippen LogP contribution in [-0.4, -0.2) is 43.2 Å². The van der Waals surface area contributed by atoms with Gasteiger partial charge in [0.2, 0.25) is 0 Å². The van der Waals surface area contributed by atoms with Crippen LogP contribution in [0.4, 0.5) is 4.39 Å². The van der Waals surface area contributed by atoms with E-state index in [4.69, 9.17) is 10.2 Å². The number of carbonyl (C=O) groups is 1. The van der Waals surface area contributed by atoms with E-state index < -0.39 is 5.82 Å². The molecule has 2 aromatic heterocycles. The van der Waals surface area contributed by atoms with Crippen LogP contribution in [-0.2, 0) is 7.05 Å². The molecular weight excluding hydrogens is 419 g/mol. The summed E-state index contributed by atoms with van der Waals surface area (Å²) in [6.45, 7) is 5.39. The number of aryl methyl sites for hydroxylation is 1. The minimum atomic E-state index is -0.619. The van der Waals surface area contributed by atoms with Gasteiger partial charge in [-0.25, -0.2) is 9.37 Å². The minimum absolute atomic E-state index is 0.0345. The Labute approximate surface area is 190 Å². The third-order valence-electron chi connectivity index (χ3n) is 6.23. The van der Waals surface area contributed by atoms with Crippen LogP contribution in [0.1, 0.15) is 35.1 Å². The number of rotatable bonds is 3. The lowest BCUT2D eigenvalue weighted by Crippen LogP contribution is -2.29. The molecule has 0 aliphatic carbocycles. The highest BCUT2D eigenvalue weighted by atomic mass is 19.1. The number of benzene rings is 2. The van der Waals surface area contributed by atoms with Gasteiger partial charge < -0.3 is 4.90 Å². The SMILES string of the molecule is Cc1c(C(=O)N2CC[C@H](C)C2)nc(-c2ccc(C#N)c(F)c2)n1-c1ccc2nn(C)cc2c1. The zero-order valence-corrected chi connectivity index (χ0v) is 18.7. The summed E-state index contributed by atoms with van der Waals surface area (Å²) in [5.41, 5.74) is 3.15. The Morgan fingerprint density at radius 1 is 1.24 bits per heavy atom. The van der Waals surface area contributed by atoms with Crippen LogP contribution in [0.2, 0.25) is 0 Å². The van der Waals surface area contributed by atoms with Crippen LogP contribution in [0.25, 0.3) is 28.0 Å². The Balaban J connectivity index is 1.70. The lowest BCUT2D eigenvalue weighted by atomic mass is 10.1. The Morgan fingerprint density at radius 2 is 2.06 bits per heavy atom. The average molecular weight is 442 g/mol. The van der Waals surface area contributed by atoms with Gasteiger partial charge in [0, 0.05) is 43.0 Å². The van der Waals surface area contributed by atoms with Gasteiger partial charge in [-0.3, -0.25) is 14.0 Å².